The molecule has 3 rings (SSSR count). The fourth-order valence-corrected chi connectivity index (χ4v) is 2.53. The van der Waals surface area contributed by atoms with Crippen LogP contribution in [0.3, 0.4) is 0 Å². The van der Waals surface area contributed by atoms with Crippen LogP contribution in [0.2, 0.25) is 0 Å². The van der Waals surface area contributed by atoms with Gasteiger partial charge >= 0.3 is 0 Å². The van der Waals surface area contributed by atoms with Crippen LogP contribution in [0.15, 0.2) is 41.0 Å². The minimum absolute atomic E-state index is 0.649. The van der Waals surface area contributed by atoms with Crippen molar-refractivity contribution >= 4 is 16.7 Å². The van der Waals surface area contributed by atoms with Crippen molar-refractivity contribution in [3.05, 3.63) is 59.0 Å². The zero-order valence-electron chi connectivity index (χ0n) is 12.0. The lowest BCUT2D eigenvalue weighted by molar-refractivity contribution is 0.518. The smallest absolute Gasteiger partial charge is 0.127 e. The Morgan fingerprint density at radius 2 is 1.95 bits per heavy atom. The molecule has 3 aromatic rings. The summed E-state index contributed by atoms with van der Waals surface area (Å²) in [6, 6.07) is 10.3. The zero-order valence-corrected chi connectivity index (χ0v) is 12.0. The van der Waals surface area contributed by atoms with Crippen LogP contribution in [0.5, 0.6) is 0 Å². The van der Waals surface area contributed by atoms with Crippen molar-refractivity contribution in [3.63, 3.8) is 0 Å². The molecule has 0 radical (unpaired) electrons. The first-order valence-corrected chi connectivity index (χ1v) is 6.78. The topological polar surface area (TPSA) is 38.1 Å². The molecule has 0 atom stereocenters. The summed E-state index contributed by atoms with van der Waals surface area (Å²) >= 11 is 0. The second-order valence-electron chi connectivity index (χ2n) is 5.24. The van der Waals surface area contributed by atoms with Gasteiger partial charge in [0.05, 0.1) is 18.3 Å². The second kappa shape index (κ2) is 5.00. The first-order valence-electron chi connectivity index (χ1n) is 6.78. The lowest BCUT2D eigenvalue weighted by Gasteiger charge is -2.10. The SMILES string of the molecule is Cc1cc(C)c2nc(NCc3ccco3)cc(C)c2c1. The average molecular weight is 266 g/mol. The number of nitrogens with zero attached hydrogens (tertiary/aromatic N) is 1. The number of hydrogen-bond acceptors (Lipinski definition) is 3. The highest BCUT2D eigenvalue weighted by molar-refractivity contribution is 5.87. The van der Waals surface area contributed by atoms with Crippen LogP contribution in [0, 0.1) is 20.8 Å². The highest BCUT2D eigenvalue weighted by Gasteiger charge is 2.06. The lowest BCUT2D eigenvalue weighted by atomic mass is 10.0. The monoisotopic (exact) mass is 266 g/mol. The van der Waals surface area contributed by atoms with E-state index < -0.39 is 0 Å². The van der Waals surface area contributed by atoms with Gasteiger partial charge in [-0.25, -0.2) is 4.98 Å². The van der Waals surface area contributed by atoms with E-state index in [0.717, 1.165) is 17.1 Å². The van der Waals surface area contributed by atoms with E-state index in [1.54, 1.807) is 6.26 Å². The number of pyridine rings is 1. The summed E-state index contributed by atoms with van der Waals surface area (Å²) in [6.07, 6.45) is 1.68. The van der Waals surface area contributed by atoms with Crippen LogP contribution >= 0.6 is 0 Å². The number of aryl methyl sites for hydroxylation is 3. The number of hydrogen-bond donors (Lipinski definition) is 1. The van der Waals surface area contributed by atoms with Gasteiger partial charge in [-0.15, -0.1) is 0 Å². The number of fused-ring (bicyclic) bond motifs is 1. The van der Waals surface area contributed by atoms with E-state index in [2.05, 4.69) is 44.3 Å². The van der Waals surface area contributed by atoms with Gasteiger partial charge < -0.3 is 9.73 Å². The molecule has 1 N–H and O–H groups in total. The molecule has 1 aromatic carbocycles. The third-order valence-corrected chi connectivity index (χ3v) is 3.48. The number of benzene rings is 1. The van der Waals surface area contributed by atoms with E-state index in [9.17, 15) is 0 Å². The van der Waals surface area contributed by atoms with Crippen LogP contribution in [0.25, 0.3) is 10.9 Å². The molecule has 0 fully saturated rings. The summed E-state index contributed by atoms with van der Waals surface area (Å²) < 4.78 is 5.32. The first kappa shape index (κ1) is 12.7. The van der Waals surface area contributed by atoms with Crippen molar-refractivity contribution in [1.29, 1.82) is 0 Å². The summed E-state index contributed by atoms with van der Waals surface area (Å²) in [7, 11) is 0. The van der Waals surface area contributed by atoms with E-state index >= 15 is 0 Å². The van der Waals surface area contributed by atoms with Gasteiger partial charge in [-0.3, -0.25) is 0 Å². The third kappa shape index (κ3) is 2.39. The minimum Gasteiger partial charge on any atom is -0.467 e. The number of aromatic nitrogens is 1. The standard InChI is InChI=1S/C17H18N2O/c1-11-7-13(3)17-15(8-11)12(2)9-16(19-17)18-10-14-5-4-6-20-14/h4-9H,10H2,1-3H3,(H,18,19). The van der Waals surface area contributed by atoms with Crippen molar-refractivity contribution in [1.82, 2.24) is 4.98 Å². The Kier molecular flexibility index (Phi) is 3.18. The maximum atomic E-state index is 5.32. The molecule has 0 aliphatic carbocycles. The Hall–Kier alpha value is -2.29. The van der Waals surface area contributed by atoms with Crippen molar-refractivity contribution in [2.45, 2.75) is 27.3 Å². The molecule has 0 spiro atoms. The van der Waals surface area contributed by atoms with Gasteiger partial charge in [0.15, 0.2) is 0 Å². The largest absolute Gasteiger partial charge is 0.467 e. The van der Waals surface area contributed by atoms with Gasteiger partial charge in [0, 0.05) is 5.39 Å². The summed E-state index contributed by atoms with van der Waals surface area (Å²) in [6.45, 7) is 7.00. The van der Waals surface area contributed by atoms with Gasteiger partial charge in [0.25, 0.3) is 0 Å². The fourth-order valence-electron chi connectivity index (χ4n) is 2.53. The average Bonchev–Trinajstić information content (AvgIpc) is 2.91. The Bertz CT molecular complexity index is 745. The second-order valence-corrected chi connectivity index (χ2v) is 5.24. The molecule has 0 saturated heterocycles. The molecule has 0 aliphatic heterocycles. The molecule has 2 heterocycles. The summed E-state index contributed by atoms with van der Waals surface area (Å²) in [5, 5.41) is 4.54. The molecule has 3 nitrogen and oxygen atoms in total. The third-order valence-electron chi connectivity index (χ3n) is 3.48. The molecule has 0 unspecified atom stereocenters. The molecule has 2 aromatic heterocycles. The zero-order chi connectivity index (χ0) is 14.1. The van der Waals surface area contributed by atoms with E-state index in [4.69, 9.17) is 9.40 Å². The number of nitrogens with one attached hydrogen (secondary N) is 1. The maximum Gasteiger partial charge on any atom is 0.127 e. The van der Waals surface area contributed by atoms with Crippen LogP contribution in [0.1, 0.15) is 22.5 Å². The number of rotatable bonds is 3. The molecule has 0 amide bonds. The van der Waals surface area contributed by atoms with Crippen LogP contribution in [-0.2, 0) is 6.54 Å². The molecular formula is C17H18N2O. The van der Waals surface area contributed by atoms with E-state index in [-0.39, 0.29) is 0 Å². The maximum absolute atomic E-state index is 5.32. The molecule has 3 heteroatoms. The highest BCUT2D eigenvalue weighted by Crippen LogP contribution is 2.24. The van der Waals surface area contributed by atoms with E-state index in [1.807, 2.05) is 12.1 Å². The molecule has 0 bridgehead atoms. The Balaban J connectivity index is 1.97. The Morgan fingerprint density at radius 1 is 1.10 bits per heavy atom. The first-order chi connectivity index (χ1) is 9.63. The molecular weight excluding hydrogens is 248 g/mol. The normalized spacial score (nSPS) is 10.9. The van der Waals surface area contributed by atoms with Crippen LogP contribution < -0.4 is 5.32 Å². The van der Waals surface area contributed by atoms with Gasteiger partial charge in [0.1, 0.15) is 11.6 Å². The molecule has 20 heavy (non-hydrogen) atoms. The summed E-state index contributed by atoms with van der Waals surface area (Å²) in [5.74, 6) is 1.79. The quantitative estimate of drug-likeness (QED) is 0.765. The van der Waals surface area contributed by atoms with Crippen molar-refractivity contribution in [2.24, 2.45) is 0 Å². The summed E-state index contributed by atoms with van der Waals surface area (Å²) in [5.41, 5.74) is 4.79. The number of anilines is 1. The van der Waals surface area contributed by atoms with Crippen LogP contribution in [-0.4, -0.2) is 4.98 Å². The molecule has 0 saturated carbocycles. The number of furan rings is 1. The Morgan fingerprint density at radius 3 is 2.70 bits per heavy atom. The van der Waals surface area contributed by atoms with Gasteiger partial charge in [-0.2, -0.15) is 0 Å². The molecule has 0 aliphatic rings. The summed E-state index contributed by atoms with van der Waals surface area (Å²) in [4.78, 5) is 4.72. The van der Waals surface area contributed by atoms with Gasteiger partial charge in [0.2, 0.25) is 0 Å². The van der Waals surface area contributed by atoms with E-state index in [1.165, 1.54) is 22.1 Å². The van der Waals surface area contributed by atoms with Gasteiger partial charge in [-0.1, -0.05) is 11.6 Å². The van der Waals surface area contributed by atoms with Crippen molar-refractivity contribution in [2.75, 3.05) is 5.32 Å². The minimum atomic E-state index is 0.649. The lowest BCUT2D eigenvalue weighted by Crippen LogP contribution is -2.02. The van der Waals surface area contributed by atoms with Crippen molar-refractivity contribution in [3.8, 4) is 0 Å². The Labute approximate surface area is 118 Å². The van der Waals surface area contributed by atoms with E-state index in [0.29, 0.717) is 6.54 Å². The predicted molar refractivity (Wildman–Crippen MR) is 82.0 cm³/mol. The van der Waals surface area contributed by atoms with Crippen molar-refractivity contribution < 1.29 is 4.42 Å². The highest BCUT2D eigenvalue weighted by atomic mass is 16.3. The van der Waals surface area contributed by atoms with Crippen LogP contribution in [0.4, 0.5) is 5.82 Å². The fraction of sp³-hybridized carbons (Fsp3) is 0.235. The predicted octanol–water partition coefficient (Wildman–Crippen LogP) is 4.37. The van der Waals surface area contributed by atoms with Gasteiger partial charge in [-0.05, 0) is 56.2 Å². The molecule has 102 valence electrons.